The van der Waals surface area contributed by atoms with Crippen LogP contribution in [0.25, 0.3) is 0 Å². The Balaban J connectivity index is 0.000001000. The molecule has 1 aromatic rings. The van der Waals surface area contributed by atoms with Gasteiger partial charge in [0.15, 0.2) is 0 Å². The van der Waals surface area contributed by atoms with E-state index < -0.39 is 0 Å². The zero-order valence-corrected chi connectivity index (χ0v) is 13.4. The molecule has 2 aliphatic heterocycles. The first-order valence-electron chi connectivity index (χ1n) is 7.06. The Kier molecular flexibility index (Phi) is 7.17. The van der Waals surface area contributed by atoms with Crippen molar-refractivity contribution >= 4 is 24.8 Å². The summed E-state index contributed by atoms with van der Waals surface area (Å²) < 4.78 is 0. The number of hydrogen-bond donors (Lipinski definition) is 1. The minimum absolute atomic E-state index is 0. The number of nitrogens with one attached hydrogen (secondary N) is 1. The molecule has 1 spiro atoms. The van der Waals surface area contributed by atoms with E-state index in [9.17, 15) is 0 Å². The fourth-order valence-electron chi connectivity index (χ4n) is 3.46. The second-order valence-electron chi connectivity index (χ2n) is 5.78. The Labute approximate surface area is 133 Å². The fraction of sp³-hybridized carbons (Fsp3) is 0.714. The van der Waals surface area contributed by atoms with Crippen LogP contribution in [0.5, 0.6) is 0 Å². The topological polar surface area (TPSA) is 41.1 Å². The molecule has 2 saturated heterocycles. The molecule has 6 heteroatoms. The summed E-state index contributed by atoms with van der Waals surface area (Å²) in [5.74, 6) is 0. The van der Waals surface area contributed by atoms with Crippen molar-refractivity contribution in [3.63, 3.8) is 0 Å². The zero-order valence-electron chi connectivity index (χ0n) is 11.8. The van der Waals surface area contributed by atoms with Gasteiger partial charge in [-0.3, -0.25) is 4.90 Å². The van der Waals surface area contributed by atoms with Crippen LogP contribution in [0.1, 0.15) is 31.4 Å². The second-order valence-corrected chi connectivity index (χ2v) is 5.78. The number of likely N-dealkylation sites (tertiary alicyclic amines) is 1. The van der Waals surface area contributed by atoms with E-state index >= 15 is 0 Å². The molecule has 0 saturated carbocycles. The molecular formula is C14H24Cl2N4. The van der Waals surface area contributed by atoms with Gasteiger partial charge < -0.3 is 5.32 Å². The molecule has 1 N–H and O–H groups in total. The highest BCUT2D eigenvalue weighted by Crippen LogP contribution is 2.38. The molecule has 114 valence electrons. The van der Waals surface area contributed by atoms with Crippen LogP contribution in [-0.2, 0) is 6.54 Å². The van der Waals surface area contributed by atoms with E-state index in [1.807, 2.05) is 6.07 Å². The van der Waals surface area contributed by atoms with Crippen LogP contribution in [0.15, 0.2) is 18.3 Å². The minimum Gasteiger partial charge on any atom is -0.317 e. The van der Waals surface area contributed by atoms with E-state index in [-0.39, 0.29) is 24.8 Å². The first kappa shape index (κ1) is 17.6. The molecule has 0 atom stereocenters. The van der Waals surface area contributed by atoms with Crippen LogP contribution >= 0.6 is 24.8 Å². The van der Waals surface area contributed by atoms with E-state index in [2.05, 4.69) is 26.5 Å². The summed E-state index contributed by atoms with van der Waals surface area (Å²) in [4.78, 5) is 2.57. The van der Waals surface area contributed by atoms with Crippen molar-refractivity contribution in [2.45, 2.75) is 32.2 Å². The smallest absolute Gasteiger partial charge is 0.0771 e. The highest BCUT2D eigenvalue weighted by Gasteiger charge is 2.36. The number of piperidine rings is 2. The predicted octanol–water partition coefficient (Wildman–Crippen LogP) is 2.29. The van der Waals surface area contributed by atoms with Gasteiger partial charge in [-0.05, 0) is 62.9 Å². The lowest BCUT2D eigenvalue weighted by atomic mass is 9.73. The van der Waals surface area contributed by atoms with Crippen LogP contribution in [-0.4, -0.2) is 41.3 Å². The molecule has 3 rings (SSSR count). The van der Waals surface area contributed by atoms with Crippen molar-refractivity contribution in [3.8, 4) is 0 Å². The van der Waals surface area contributed by atoms with E-state index in [0.717, 1.165) is 12.2 Å². The third-order valence-electron chi connectivity index (χ3n) is 4.42. The van der Waals surface area contributed by atoms with Crippen LogP contribution < -0.4 is 5.32 Å². The average Bonchev–Trinajstić information content (AvgIpc) is 2.41. The van der Waals surface area contributed by atoms with Crippen molar-refractivity contribution in [3.05, 3.63) is 24.0 Å². The number of nitrogens with zero attached hydrogens (tertiary/aromatic N) is 3. The fourth-order valence-corrected chi connectivity index (χ4v) is 3.46. The Morgan fingerprint density at radius 1 is 1.20 bits per heavy atom. The molecule has 20 heavy (non-hydrogen) atoms. The van der Waals surface area contributed by atoms with Gasteiger partial charge >= 0.3 is 0 Å². The molecule has 0 bridgehead atoms. The Morgan fingerprint density at radius 2 is 2.00 bits per heavy atom. The van der Waals surface area contributed by atoms with Gasteiger partial charge in [0.05, 0.1) is 5.69 Å². The van der Waals surface area contributed by atoms with Crippen LogP contribution in [0.4, 0.5) is 0 Å². The van der Waals surface area contributed by atoms with Crippen LogP contribution in [0.3, 0.4) is 0 Å². The van der Waals surface area contributed by atoms with Crippen molar-refractivity contribution in [1.29, 1.82) is 0 Å². The summed E-state index contributed by atoms with van der Waals surface area (Å²) in [7, 11) is 0. The second kappa shape index (κ2) is 8.13. The third kappa shape index (κ3) is 4.29. The molecular weight excluding hydrogens is 295 g/mol. The summed E-state index contributed by atoms with van der Waals surface area (Å²) in [5, 5.41) is 11.6. The quantitative estimate of drug-likeness (QED) is 0.908. The maximum absolute atomic E-state index is 4.20. The van der Waals surface area contributed by atoms with Gasteiger partial charge in [-0.15, -0.1) is 24.8 Å². The molecule has 1 aromatic heterocycles. The summed E-state index contributed by atoms with van der Waals surface area (Å²) in [6.07, 6.45) is 7.16. The third-order valence-corrected chi connectivity index (χ3v) is 4.42. The van der Waals surface area contributed by atoms with E-state index in [4.69, 9.17) is 0 Å². The van der Waals surface area contributed by atoms with Crippen molar-refractivity contribution < 1.29 is 0 Å². The SMILES string of the molecule is Cl.Cl.c1cnnc(CN2CCCC3(CCNCC3)C2)c1. The standard InChI is InChI=1S/C14H22N4.2ClH/c1-3-13(17-16-7-1)11-18-10-2-4-14(12-18)5-8-15-9-6-14;;/h1,3,7,15H,2,4-6,8-12H2;2*1H. The maximum atomic E-state index is 4.20. The lowest BCUT2D eigenvalue weighted by Gasteiger charge is -2.45. The Hall–Kier alpha value is -0.420. The monoisotopic (exact) mass is 318 g/mol. The zero-order chi connectivity index (χ0) is 12.3. The molecule has 0 amide bonds. The van der Waals surface area contributed by atoms with Gasteiger partial charge in [0, 0.05) is 19.3 Å². The predicted molar refractivity (Wildman–Crippen MR) is 85.6 cm³/mol. The van der Waals surface area contributed by atoms with Crippen molar-refractivity contribution in [1.82, 2.24) is 20.4 Å². The van der Waals surface area contributed by atoms with Gasteiger partial charge in [-0.25, -0.2) is 0 Å². The lowest BCUT2D eigenvalue weighted by molar-refractivity contribution is 0.0543. The van der Waals surface area contributed by atoms with Crippen LogP contribution in [0.2, 0.25) is 0 Å². The number of halogens is 2. The molecule has 0 aromatic carbocycles. The highest BCUT2D eigenvalue weighted by molar-refractivity contribution is 5.85. The molecule has 2 aliphatic rings. The van der Waals surface area contributed by atoms with E-state index in [0.29, 0.717) is 5.41 Å². The summed E-state index contributed by atoms with van der Waals surface area (Å²) in [6, 6.07) is 4.06. The largest absolute Gasteiger partial charge is 0.317 e. The first-order valence-corrected chi connectivity index (χ1v) is 7.06. The molecule has 0 unspecified atom stereocenters. The first-order chi connectivity index (χ1) is 8.86. The average molecular weight is 319 g/mol. The minimum atomic E-state index is 0. The summed E-state index contributed by atoms with van der Waals surface area (Å²) in [6.45, 7) is 5.80. The van der Waals surface area contributed by atoms with E-state index in [1.54, 1.807) is 6.20 Å². The summed E-state index contributed by atoms with van der Waals surface area (Å²) in [5.41, 5.74) is 1.68. The highest BCUT2D eigenvalue weighted by atomic mass is 35.5. The van der Waals surface area contributed by atoms with Crippen LogP contribution in [0, 0.1) is 5.41 Å². The molecule has 4 nitrogen and oxygen atoms in total. The molecule has 3 heterocycles. The lowest BCUT2D eigenvalue weighted by Crippen LogP contribution is -2.48. The van der Waals surface area contributed by atoms with E-state index in [1.165, 1.54) is 51.9 Å². The maximum Gasteiger partial charge on any atom is 0.0771 e. The number of rotatable bonds is 2. The molecule has 0 radical (unpaired) electrons. The van der Waals surface area contributed by atoms with Gasteiger partial charge in [0.2, 0.25) is 0 Å². The Bertz CT molecular complexity index is 377. The normalized spacial score (nSPS) is 21.8. The summed E-state index contributed by atoms with van der Waals surface area (Å²) >= 11 is 0. The number of aromatic nitrogens is 2. The van der Waals surface area contributed by atoms with Gasteiger partial charge in [-0.1, -0.05) is 0 Å². The van der Waals surface area contributed by atoms with Gasteiger partial charge in [-0.2, -0.15) is 10.2 Å². The van der Waals surface area contributed by atoms with Gasteiger partial charge in [0.25, 0.3) is 0 Å². The van der Waals surface area contributed by atoms with Crippen molar-refractivity contribution in [2.75, 3.05) is 26.2 Å². The molecule has 2 fully saturated rings. The number of hydrogen-bond acceptors (Lipinski definition) is 4. The molecule has 0 aliphatic carbocycles. The Morgan fingerprint density at radius 3 is 2.70 bits per heavy atom. The van der Waals surface area contributed by atoms with Gasteiger partial charge in [0.1, 0.15) is 0 Å². The van der Waals surface area contributed by atoms with Crippen molar-refractivity contribution in [2.24, 2.45) is 5.41 Å².